The predicted octanol–water partition coefficient (Wildman–Crippen LogP) is 0.799. The largest absolute Gasteiger partial charge is 0.369 e. The Labute approximate surface area is 91.8 Å². The fraction of sp³-hybridized carbons (Fsp3) is 0.818. The Kier molecular flexibility index (Phi) is 6.96. The number of hydrogen-bond acceptors (Lipinski definition) is 3. The molecular weight excluding hydrogens is 192 g/mol. The van der Waals surface area contributed by atoms with Gasteiger partial charge in [-0.25, -0.2) is 0 Å². The Balaban J connectivity index is 4.11. The molecule has 0 heterocycles. The molecule has 0 spiro atoms. The lowest BCUT2D eigenvalue weighted by Crippen LogP contribution is -2.39. The fourth-order valence-corrected chi connectivity index (χ4v) is 1.53. The van der Waals surface area contributed by atoms with Gasteiger partial charge in [0, 0.05) is 13.0 Å². The minimum atomic E-state index is -0.375. The van der Waals surface area contributed by atoms with Crippen molar-refractivity contribution in [1.29, 1.82) is 0 Å². The second kappa shape index (κ2) is 7.40. The second-order valence-corrected chi connectivity index (χ2v) is 4.32. The summed E-state index contributed by atoms with van der Waals surface area (Å²) in [4.78, 5) is 24.0. The summed E-state index contributed by atoms with van der Waals surface area (Å²) in [6.07, 6.45) is 1.43. The van der Waals surface area contributed by atoms with Crippen LogP contribution in [0.4, 0.5) is 0 Å². The summed E-state index contributed by atoms with van der Waals surface area (Å²) >= 11 is 0. The topological polar surface area (TPSA) is 63.4 Å². The molecule has 2 N–H and O–H groups in total. The molecule has 1 amide bonds. The van der Waals surface area contributed by atoms with Crippen LogP contribution in [0.1, 0.15) is 33.6 Å². The number of amides is 1. The van der Waals surface area contributed by atoms with Crippen LogP contribution in [-0.4, -0.2) is 36.2 Å². The molecule has 0 aliphatic heterocycles. The first-order chi connectivity index (χ1) is 6.95. The standard InChI is InChI=1S/C11H22N2O2/c1-4-5-10(14)7-13(6-9(2)3)8-11(12)15/h9H,4-8H2,1-3H3,(H2,12,15). The van der Waals surface area contributed by atoms with Crippen molar-refractivity contribution < 1.29 is 9.59 Å². The van der Waals surface area contributed by atoms with Crippen molar-refractivity contribution in [3.05, 3.63) is 0 Å². The summed E-state index contributed by atoms with van der Waals surface area (Å²) in [7, 11) is 0. The van der Waals surface area contributed by atoms with Gasteiger partial charge in [-0.3, -0.25) is 14.5 Å². The Morgan fingerprint density at radius 1 is 1.27 bits per heavy atom. The number of rotatable bonds is 8. The van der Waals surface area contributed by atoms with Gasteiger partial charge in [0.25, 0.3) is 0 Å². The van der Waals surface area contributed by atoms with E-state index < -0.39 is 0 Å². The number of nitrogens with two attached hydrogens (primary N) is 1. The molecule has 0 aromatic heterocycles. The molecule has 4 heteroatoms. The molecule has 0 fully saturated rings. The zero-order valence-electron chi connectivity index (χ0n) is 9.95. The lowest BCUT2D eigenvalue weighted by molar-refractivity contribution is -0.122. The van der Waals surface area contributed by atoms with Gasteiger partial charge in [0.05, 0.1) is 13.1 Å². The lowest BCUT2D eigenvalue weighted by atomic mass is 10.1. The molecular formula is C11H22N2O2. The molecule has 0 unspecified atom stereocenters. The van der Waals surface area contributed by atoms with E-state index in [0.29, 0.717) is 18.9 Å². The lowest BCUT2D eigenvalue weighted by Gasteiger charge is -2.21. The number of hydrogen-bond donors (Lipinski definition) is 1. The Morgan fingerprint density at radius 2 is 1.87 bits per heavy atom. The first-order valence-electron chi connectivity index (χ1n) is 5.48. The maximum absolute atomic E-state index is 11.4. The second-order valence-electron chi connectivity index (χ2n) is 4.32. The highest BCUT2D eigenvalue weighted by molar-refractivity contribution is 5.81. The molecule has 0 radical (unpaired) electrons. The van der Waals surface area contributed by atoms with Crippen molar-refractivity contribution in [2.45, 2.75) is 33.6 Å². The van der Waals surface area contributed by atoms with Crippen molar-refractivity contribution in [2.24, 2.45) is 11.7 Å². The first kappa shape index (κ1) is 14.1. The van der Waals surface area contributed by atoms with Gasteiger partial charge < -0.3 is 5.73 Å². The average Bonchev–Trinajstić information content (AvgIpc) is 2.00. The summed E-state index contributed by atoms with van der Waals surface area (Å²) < 4.78 is 0. The normalized spacial score (nSPS) is 11.0. The van der Waals surface area contributed by atoms with Crippen LogP contribution in [0.3, 0.4) is 0 Å². The summed E-state index contributed by atoms with van der Waals surface area (Å²) in [6, 6.07) is 0. The van der Waals surface area contributed by atoms with Gasteiger partial charge >= 0.3 is 0 Å². The van der Waals surface area contributed by atoms with Gasteiger partial charge in [0.1, 0.15) is 5.78 Å². The third kappa shape index (κ3) is 8.12. The summed E-state index contributed by atoms with van der Waals surface area (Å²) in [5.74, 6) is 0.234. The zero-order valence-corrected chi connectivity index (χ0v) is 9.95. The van der Waals surface area contributed by atoms with E-state index in [9.17, 15) is 9.59 Å². The van der Waals surface area contributed by atoms with Crippen molar-refractivity contribution >= 4 is 11.7 Å². The Hall–Kier alpha value is -0.900. The van der Waals surface area contributed by atoms with Gasteiger partial charge in [-0.2, -0.15) is 0 Å². The number of nitrogens with zero attached hydrogens (tertiary/aromatic N) is 1. The Morgan fingerprint density at radius 3 is 2.27 bits per heavy atom. The van der Waals surface area contributed by atoms with Crippen molar-refractivity contribution in [1.82, 2.24) is 4.90 Å². The van der Waals surface area contributed by atoms with E-state index in [0.717, 1.165) is 13.0 Å². The van der Waals surface area contributed by atoms with Crippen LogP contribution in [0.15, 0.2) is 0 Å². The maximum Gasteiger partial charge on any atom is 0.231 e. The highest BCUT2D eigenvalue weighted by Crippen LogP contribution is 2.00. The molecule has 15 heavy (non-hydrogen) atoms. The molecule has 0 aliphatic rings. The fourth-order valence-electron chi connectivity index (χ4n) is 1.53. The van der Waals surface area contributed by atoms with Gasteiger partial charge in [0.2, 0.25) is 5.91 Å². The number of ketones is 1. The van der Waals surface area contributed by atoms with Gasteiger partial charge in [-0.15, -0.1) is 0 Å². The third-order valence-corrected chi connectivity index (χ3v) is 1.93. The summed E-state index contributed by atoms with van der Waals surface area (Å²) in [5.41, 5.74) is 5.13. The van der Waals surface area contributed by atoms with Gasteiger partial charge in [0.15, 0.2) is 0 Å². The van der Waals surface area contributed by atoms with E-state index in [1.54, 1.807) is 0 Å². The van der Waals surface area contributed by atoms with Crippen molar-refractivity contribution in [3.8, 4) is 0 Å². The zero-order chi connectivity index (χ0) is 11.8. The van der Waals surface area contributed by atoms with E-state index in [4.69, 9.17) is 5.73 Å². The highest BCUT2D eigenvalue weighted by Gasteiger charge is 2.13. The highest BCUT2D eigenvalue weighted by atomic mass is 16.1. The smallest absolute Gasteiger partial charge is 0.231 e. The first-order valence-corrected chi connectivity index (χ1v) is 5.48. The van der Waals surface area contributed by atoms with Gasteiger partial charge in [-0.1, -0.05) is 20.8 Å². The van der Waals surface area contributed by atoms with Crippen molar-refractivity contribution in [2.75, 3.05) is 19.6 Å². The SMILES string of the molecule is CCCC(=O)CN(CC(N)=O)CC(C)C. The van der Waals surface area contributed by atoms with E-state index in [2.05, 4.69) is 13.8 Å². The molecule has 0 atom stereocenters. The van der Waals surface area contributed by atoms with Crippen LogP contribution in [0, 0.1) is 5.92 Å². The van der Waals surface area contributed by atoms with Crippen LogP contribution in [0.25, 0.3) is 0 Å². The molecule has 0 aliphatic carbocycles. The van der Waals surface area contributed by atoms with E-state index in [1.807, 2.05) is 11.8 Å². The Bertz CT molecular complexity index is 215. The minimum absolute atomic E-state index is 0.174. The summed E-state index contributed by atoms with van der Waals surface area (Å²) in [6.45, 7) is 7.33. The van der Waals surface area contributed by atoms with Crippen LogP contribution < -0.4 is 5.73 Å². The van der Waals surface area contributed by atoms with E-state index in [1.165, 1.54) is 0 Å². The average molecular weight is 214 g/mol. The minimum Gasteiger partial charge on any atom is -0.369 e. The predicted molar refractivity (Wildman–Crippen MR) is 60.4 cm³/mol. The number of carbonyl (C=O) groups is 2. The van der Waals surface area contributed by atoms with Crippen LogP contribution in [0.5, 0.6) is 0 Å². The molecule has 0 saturated heterocycles. The number of primary amides is 1. The molecule has 0 rings (SSSR count). The molecule has 0 aromatic rings. The number of Topliss-reactive ketones (excluding diaryl/α,β-unsaturated/α-hetero) is 1. The molecule has 88 valence electrons. The molecule has 0 bridgehead atoms. The van der Waals surface area contributed by atoms with Crippen LogP contribution >= 0.6 is 0 Å². The quantitative estimate of drug-likeness (QED) is 0.650. The number of carbonyl (C=O) groups excluding carboxylic acids is 2. The van der Waals surface area contributed by atoms with E-state index >= 15 is 0 Å². The monoisotopic (exact) mass is 214 g/mol. The molecule has 0 saturated carbocycles. The van der Waals surface area contributed by atoms with Crippen LogP contribution in [-0.2, 0) is 9.59 Å². The van der Waals surface area contributed by atoms with Crippen LogP contribution in [0.2, 0.25) is 0 Å². The van der Waals surface area contributed by atoms with Gasteiger partial charge in [-0.05, 0) is 12.3 Å². The molecule has 4 nitrogen and oxygen atoms in total. The van der Waals surface area contributed by atoms with E-state index in [-0.39, 0.29) is 18.2 Å². The summed E-state index contributed by atoms with van der Waals surface area (Å²) in [5, 5.41) is 0. The third-order valence-electron chi connectivity index (χ3n) is 1.93. The van der Waals surface area contributed by atoms with Crippen molar-refractivity contribution in [3.63, 3.8) is 0 Å². The molecule has 0 aromatic carbocycles. The maximum atomic E-state index is 11.4.